The van der Waals surface area contributed by atoms with Gasteiger partial charge in [-0.05, 0) is 25.3 Å². The molecule has 70 valence electrons. The third kappa shape index (κ3) is 1.59. The number of piperidine rings is 1. The number of hydrogen-bond donors (Lipinski definition) is 0. The fourth-order valence-corrected chi connectivity index (χ4v) is 1.81. The minimum atomic E-state index is 0.0138. The van der Waals surface area contributed by atoms with E-state index in [9.17, 15) is 4.79 Å². The Labute approximate surface area is 77.3 Å². The van der Waals surface area contributed by atoms with Crippen molar-refractivity contribution in [3.05, 3.63) is 18.4 Å². The molecule has 0 amide bonds. The van der Waals surface area contributed by atoms with E-state index in [0.29, 0.717) is 0 Å². The first-order chi connectivity index (χ1) is 6.42. The molecule has 1 atom stereocenters. The smallest absolute Gasteiger partial charge is 0.195 e. The Hall–Kier alpha value is -1.25. The van der Waals surface area contributed by atoms with Crippen molar-refractivity contribution in [3.63, 3.8) is 0 Å². The predicted octanol–water partition coefficient (Wildman–Crippen LogP) is 1.84. The average molecular weight is 179 g/mol. The third-order valence-corrected chi connectivity index (χ3v) is 2.50. The quantitative estimate of drug-likeness (QED) is 0.649. The monoisotopic (exact) mass is 179 g/mol. The fraction of sp³-hybridized carbons (Fsp3) is 0.500. The van der Waals surface area contributed by atoms with Gasteiger partial charge < -0.3 is 14.1 Å². The second-order valence-electron chi connectivity index (χ2n) is 3.34. The number of rotatable bonds is 2. The van der Waals surface area contributed by atoms with Gasteiger partial charge in [-0.3, -0.25) is 0 Å². The minimum absolute atomic E-state index is 0.0138. The first kappa shape index (κ1) is 8.35. The third-order valence-electron chi connectivity index (χ3n) is 2.50. The lowest BCUT2D eigenvalue weighted by Gasteiger charge is -2.31. The highest BCUT2D eigenvalue weighted by Crippen LogP contribution is 2.23. The van der Waals surface area contributed by atoms with Crippen LogP contribution in [0.4, 0.5) is 5.88 Å². The normalized spacial score (nSPS) is 23.1. The molecule has 0 bridgehead atoms. The molecule has 0 aliphatic carbocycles. The van der Waals surface area contributed by atoms with E-state index >= 15 is 0 Å². The number of furan rings is 1. The van der Waals surface area contributed by atoms with E-state index in [0.717, 1.165) is 38.0 Å². The van der Waals surface area contributed by atoms with Gasteiger partial charge in [0.1, 0.15) is 6.29 Å². The fourth-order valence-electron chi connectivity index (χ4n) is 1.81. The van der Waals surface area contributed by atoms with Gasteiger partial charge in [0.15, 0.2) is 5.88 Å². The molecule has 1 aromatic heterocycles. The van der Waals surface area contributed by atoms with Crippen molar-refractivity contribution in [3.8, 4) is 0 Å². The van der Waals surface area contributed by atoms with E-state index in [1.54, 1.807) is 6.26 Å². The van der Waals surface area contributed by atoms with E-state index in [-0.39, 0.29) is 6.04 Å². The van der Waals surface area contributed by atoms with E-state index in [1.165, 1.54) is 0 Å². The number of anilines is 1. The molecule has 3 nitrogen and oxygen atoms in total. The lowest BCUT2D eigenvalue weighted by molar-refractivity contribution is -0.109. The number of carbonyl (C=O) groups is 1. The largest absolute Gasteiger partial charge is 0.449 e. The van der Waals surface area contributed by atoms with Crippen LogP contribution < -0.4 is 4.90 Å². The molecule has 0 saturated carbocycles. The summed E-state index contributed by atoms with van der Waals surface area (Å²) < 4.78 is 5.27. The summed E-state index contributed by atoms with van der Waals surface area (Å²) >= 11 is 0. The molecule has 0 spiro atoms. The molecule has 1 aromatic rings. The minimum Gasteiger partial charge on any atom is -0.449 e. The van der Waals surface area contributed by atoms with Gasteiger partial charge in [-0.1, -0.05) is 0 Å². The van der Waals surface area contributed by atoms with Crippen LogP contribution in [0.5, 0.6) is 0 Å². The maximum absolute atomic E-state index is 10.8. The van der Waals surface area contributed by atoms with Crippen molar-refractivity contribution < 1.29 is 9.21 Å². The summed E-state index contributed by atoms with van der Waals surface area (Å²) in [7, 11) is 0. The number of nitrogens with zero attached hydrogens (tertiary/aromatic N) is 1. The van der Waals surface area contributed by atoms with Crippen LogP contribution in [0.25, 0.3) is 0 Å². The van der Waals surface area contributed by atoms with Gasteiger partial charge in [-0.25, -0.2) is 0 Å². The topological polar surface area (TPSA) is 33.5 Å². The predicted molar refractivity (Wildman–Crippen MR) is 49.8 cm³/mol. The summed E-state index contributed by atoms with van der Waals surface area (Å²) in [6.45, 7) is 0.928. The van der Waals surface area contributed by atoms with Crippen LogP contribution in [-0.4, -0.2) is 18.9 Å². The molecule has 1 unspecified atom stereocenters. The molecule has 1 aliphatic rings. The second-order valence-corrected chi connectivity index (χ2v) is 3.34. The van der Waals surface area contributed by atoms with E-state index in [4.69, 9.17) is 4.42 Å². The zero-order chi connectivity index (χ0) is 9.10. The Balaban J connectivity index is 2.15. The second kappa shape index (κ2) is 3.64. The SMILES string of the molecule is O=CC1CCCCN1c1ccco1. The van der Waals surface area contributed by atoms with Crippen molar-refractivity contribution in [1.29, 1.82) is 0 Å². The van der Waals surface area contributed by atoms with Crippen LogP contribution in [0.1, 0.15) is 19.3 Å². The summed E-state index contributed by atoms with van der Waals surface area (Å²) in [6.07, 6.45) is 5.89. The Morgan fingerprint density at radius 3 is 3.15 bits per heavy atom. The van der Waals surface area contributed by atoms with Gasteiger partial charge in [0, 0.05) is 12.6 Å². The maximum Gasteiger partial charge on any atom is 0.195 e. The van der Waals surface area contributed by atoms with Crippen LogP contribution in [0.2, 0.25) is 0 Å². The highest BCUT2D eigenvalue weighted by atomic mass is 16.3. The maximum atomic E-state index is 10.8. The van der Waals surface area contributed by atoms with Crippen LogP contribution in [0.15, 0.2) is 22.8 Å². The standard InChI is InChI=1S/C10H13NO2/c12-8-9-4-1-2-6-11(9)10-5-3-7-13-10/h3,5,7-9H,1-2,4,6H2. The number of carbonyl (C=O) groups excluding carboxylic acids is 1. The number of hydrogen-bond acceptors (Lipinski definition) is 3. The van der Waals surface area contributed by atoms with Gasteiger partial charge >= 0.3 is 0 Å². The summed E-state index contributed by atoms with van der Waals surface area (Å²) in [5, 5.41) is 0. The van der Waals surface area contributed by atoms with Crippen LogP contribution >= 0.6 is 0 Å². The van der Waals surface area contributed by atoms with Gasteiger partial charge in [-0.15, -0.1) is 0 Å². The molecule has 1 fully saturated rings. The molecule has 0 N–H and O–H groups in total. The van der Waals surface area contributed by atoms with Gasteiger partial charge in [0.05, 0.1) is 12.3 Å². The highest BCUT2D eigenvalue weighted by molar-refractivity contribution is 5.64. The molecule has 13 heavy (non-hydrogen) atoms. The van der Waals surface area contributed by atoms with Gasteiger partial charge in [0.25, 0.3) is 0 Å². The Kier molecular flexibility index (Phi) is 2.34. The van der Waals surface area contributed by atoms with E-state index in [1.807, 2.05) is 17.0 Å². The Morgan fingerprint density at radius 2 is 2.46 bits per heavy atom. The van der Waals surface area contributed by atoms with Gasteiger partial charge in [0.2, 0.25) is 0 Å². The van der Waals surface area contributed by atoms with Crippen molar-refractivity contribution in [2.45, 2.75) is 25.3 Å². The highest BCUT2D eigenvalue weighted by Gasteiger charge is 2.23. The molecule has 0 aromatic carbocycles. The Bertz CT molecular complexity index is 268. The van der Waals surface area contributed by atoms with E-state index in [2.05, 4.69) is 0 Å². The zero-order valence-corrected chi connectivity index (χ0v) is 7.48. The zero-order valence-electron chi connectivity index (χ0n) is 7.48. The number of aldehydes is 1. The summed E-state index contributed by atoms with van der Waals surface area (Å²) in [5.74, 6) is 0.816. The summed E-state index contributed by atoms with van der Waals surface area (Å²) in [5.41, 5.74) is 0. The molecule has 0 radical (unpaired) electrons. The van der Waals surface area contributed by atoms with Gasteiger partial charge in [-0.2, -0.15) is 0 Å². The molecular formula is C10H13NO2. The van der Waals surface area contributed by atoms with Crippen molar-refractivity contribution >= 4 is 12.2 Å². The Morgan fingerprint density at radius 1 is 1.54 bits per heavy atom. The van der Waals surface area contributed by atoms with Crippen LogP contribution in [0, 0.1) is 0 Å². The lowest BCUT2D eigenvalue weighted by Crippen LogP contribution is -2.40. The summed E-state index contributed by atoms with van der Waals surface area (Å²) in [6, 6.07) is 3.77. The lowest BCUT2D eigenvalue weighted by atomic mass is 10.0. The average Bonchev–Trinajstić information content (AvgIpc) is 2.70. The summed E-state index contributed by atoms with van der Waals surface area (Å²) in [4.78, 5) is 12.8. The molecule has 2 rings (SSSR count). The molecular weight excluding hydrogens is 166 g/mol. The molecule has 2 heterocycles. The first-order valence-electron chi connectivity index (χ1n) is 4.67. The molecule has 1 aliphatic heterocycles. The van der Waals surface area contributed by atoms with Crippen molar-refractivity contribution in [1.82, 2.24) is 0 Å². The first-order valence-corrected chi connectivity index (χ1v) is 4.67. The molecule has 1 saturated heterocycles. The van der Waals surface area contributed by atoms with E-state index < -0.39 is 0 Å². The van der Waals surface area contributed by atoms with Crippen molar-refractivity contribution in [2.75, 3.05) is 11.4 Å². The van der Waals surface area contributed by atoms with Crippen LogP contribution in [0.3, 0.4) is 0 Å². The van der Waals surface area contributed by atoms with Crippen LogP contribution in [-0.2, 0) is 4.79 Å². The molecule has 3 heteroatoms. The van der Waals surface area contributed by atoms with Crippen molar-refractivity contribution in [2.24, 2.45) is 0 Å².